The summed E-state index contributed by atoms with van der Waals surface area (Å²) in [5.41, 5.74) is 0.788. The van der Waals surface area contributed by atoms with E-state index < -0.39 is 5.92 Å². The molecule has 0 amide bonds. The van der Waals surface area contributed by atoms with Crippen molar-refractivity contribution in [2.24, 2.45) is 0 Å². The van der Waals surface area contributed by atoms with Crippen LogP contribution in [-0.4, -0.2) is 46.6 Å². The Kier molecular flexibility index (Phi) is 6.24. The topological polar surface area (TPSA) is 73.6 Å². The zero-order valence-corrected chi connectivity index (χ0v) is 14.7. The molecule has 2 aliphatic rings. The molecular formula is C18H25ClN2O3. The van der Waals surface area contributed by atoms with Crippen LogP contribution in [0.15, 0.2) is 30.3 Å². The lowest BCUT2D eigenvalue weighted by Crippen LogP contribution is -2.48. The smallest absolute Gasteiger partial charge is 0.316 e. The maximum atomic E-state index is 12.5. The number of nitrogens with one attached hydrogen (secondary N) is 1. The van der Waals surface area contributed by atoms with Crippen molar-refractivity contribution < 1.29 is 14.6 Å². The van der Waals surface area contributed by atoms with Crippen LogP contribution >= 0.6 is 12.4 Å². The largest absolute Gasteiger partial charge is 0.462 e. The van der Waals surface area contributed by atoms with Gasteiger partial charge in [0.25, 0.3) is 0 Å². The summed E-state index contributed by atoms with van der Waals surface area (Å²) < 4.78 is 5.71. The van der Waals surface area contributed by atoms with Crippen molar-refractivity contribution in [1.82, 2.24) is 4.90 Å². The van der Waals surface area contributed by atoms with Crippen molar-refractivity contribution in [2.75, 3.05) is 6.61 Å². The van der Waals surface area contributed by atoms with E-state index in [0.29, 0.717) is 17.9 Å². The fraction of sp³-hybridized carbons (Fsp3) is 0.556. The third-order valence-corrected chi connectivity index (χ3v) is 5.03. The number of hydrogen-bond donors (Lipinski definition) is 2. The van der Waals surface area contributed by atoms with Gasteiger partial charge in [0.2, 0.25) is 0 Å². The second kappa shape index (κ2) is 7.99. The number of benzene rings is 1. The Balaban J connectivity index is 0.00000208. The number of aliphatic hydroxyl groups is 1. The highest BCUT2D eigenvalue weighted by atomic mass is 35.5. The number of rotatable bonds is 4. The number of carbonyl (C=O) groups is 1. The third-order valence-electron chi connectivity index (χ3n) is 5.03. The first-order valence-electron chi connectivity index (χ1n) is 8.30. The summed E-state index contributed by atoms with van der Waals surface area (Å²) >= 11 is 0. The molecule has 0 radical (unpaired) electrons. The predicted molar refractivity (Wildman–Crippen MR) is 94.7 cm³/mol. The minimum Gasteiger partial charge on any atom is -0.462 e. The molecular weight excluding hydrogens is 328 g/mol. The van der Waals surface area contributed by atoms with Gasteiger partial charge in [0.05, 0.1) is 12.4 Å². The van der Waals surface area contributed by atoms with Crippen LogP contribution in [0.2, 0.25) is 0 Å². The van der Waals surface area contributed by atoms with Gasteiger partial charge in [-0.1, -0.05) is 30.3 Å². The van der Waals surface area contributed by atoms with Crippen LogP contribution in [0.4, 0.5) is 0 Å². The molecule has 1 aromatic rings. The highest BCUT2D eigenvalue weighted by Gasteiger charge is 2.42. The average Bonchev–Trinajstić information content (AvgIpc) is 2.81. The number of fused-ring (bicyclic) bond motifs is 2. The van der Waals surface area contributed by atoms with Crippen LogP contribution < -0.4 is 0 Å². The van der Waals surface area contributed by atoms with E-state index in [4.69, 9.17) is 10.1 Å². The first-order chi connectivity index (χ1) is 11.1. The van der Waals surface area contributed by atoms with Crippen LogP contribution in [0.3, 0.4) is 0 Å². The summed E-state index contributed by atoms with van der Waals surface area (Å²) in [6, 6.07) is 9.91. The molecule has 2 N–H and O–H groups in total. The molecule has 3 atom stereocenters. The molecule has 5 nitrogen and oxygen atoms in total. The van der Waals surface area contributed by atoms with E-state index in [2.05, 4.69) is 4.90 Å². The van der Waals surface area contributed by atoms with Gasteiger partial charge >= 0.3 is 5.97 Å². The Bertz CT molecular complexity index is 567. The highest BCUT2D eigenvalue weighted by molar-refractivity contribution is 5.85. The number of aliphatic hydroxyl groups excluding tert-OH is 1. The van der Waals surface area contributed by atoms with Gasteiger partial charge in [-0.15, -0.1) is 12.4 Å². The molecule has 2 bridgehead atoms. The van der Waals surface area contributed by atoms with E-state index >= 15 is 0 Å². The molecule has 0 spiro atoms. The number of halogens is 1. The average molecular weight is 353 g/mol. The summed E-state index contributed by atoms with van der Waals surface area (Å²) in [6.45, 7) is 1.59. The number of nitrogens with zero attached hydrogens (tertiary/aromatic N) is 1. The molecule has 3 unspecified atom stereocenters. The maximum absolute atomic E-state index is 12.5. The van der Waals surface area contributed by atoms with Crippen molar-refractivity contribution in [3.63, 3.8) is 0 Å². The van der Waals surface area contributed by atoms with Crippen LogP contribution in [-0.2, 0) is 9.53 Å². The first-order valence-corrected chi connectivity index (χ1v) is 8.30. The molecule has 0 aliphatic carbocycles. The predicted octanol–water partition coefficient (Wildman–Crippen LogP) is 2.72. The van der Waals surface area contributed by atoms with E-state index in [1.807, 2.05) is 37.3 Å². The summed E-state index contributed by atoms with van der Waals surface area (Å²) in [5, 5.41) is 17.5. The number of carbonyl (C=O) groups excluding carboxylic acids is 1. The van der Waals surface area contributed by atoms with Crippen LogP contribution in [0.5, 0.6) is 0 Å². The fourth-order valence-corrected chi connectivity index (χ4v) is 4.02. The van der Waals surface area contributed by atoms with E-state index in [-0.39, 0.29) is 31.1 Å². The second-order valence-corrected chi connectivity index (χ2v) is 6.55. The molecule has 2 fully saturated rings. The molecule has 0 aromatic heterocycles. The third kappa shape index (κ3) is 3.73. The van der Waals surface area contributed by atoms with Gasteiger partial charge in [-0.05, 0) is 25.3 Å². The number of ether oxygens (including phenoxy) is 1. The van der Waals surface area contributed by atoms with E-state index in [1.54, 1.807) is 0 Å². The minimum absolute atomic E-state index is 0. The van der Waals surface area contributed by atoms with Gasteiger partial charge in [-0.25, -0.2) is 0 Å². The lowest BCUT2D eigenvalue weighted by molar-refractivity contribution is -0.154. The number of piperidine rings is 1. The minimum atomic E-state index is -0.614. The summed E-state index contributed by atoms with van der Waals surface area (Å²) in [5.74, 6) is -0.348. The van der Waals surface area contributed by atoms with Crippen molar-refractivity contribution in [3.05, 3.63) is 35.9 Å². The summed E-state index contributed by atoms with van der Waals surface area (Å²) in [7, 11) is 0. The fourth-order valence-electron chi connectivity index (χ4n) is 4.02. The summed E-state index contributed by atoms with van der Waals surface area (Å²) in [6.07, 6.45) is 3.60. The molecule has 1 aromatic carbocycles. The first kappa shape index (κ1) is 18.7. The molecule has 24 heavy (non-hydrogen) atoms. The standard InChI is InChI=1S/C18H24N2O3.ClH/c1-12(19)20-14-7-8-15(20)10-16(9-14)23-18(22)17(11-21)13-5-3-2-4-6-13;/h2-6,14-17,19,21H,7-11H2,1H3;1H. The maximum Gasteiger partial charge on any atom is 0.316 e. The van der Waals surface area contributed by atoms with Gasteiger partial charge in [0.1, 0.15) is 12.0 Å². The van der Waals surface area contributed by atoms with Gasteiger partial charge in [0, 0.05) is 24.9 Å². The van der Waals surface area contributed by atoms with Crippen LogP contribution in [0.1, 0.15) is 44.1 Å². The molecule has 3 rings (SSSR count). The quantitative estimate of drug-likeness (QED) is 0.496. The Hall–Kier alpha value is -1.59. The van der Waals surface area contributed by atoms with Crippen LogP contribution in [0, 0.1) is 5.41 Å². The van der Waals surface area contributed by atoms with Gasteiger partial charge in [-0.2, -0.15) is 0 Å². The molecule has 2 saturated heterocycles. The van der Waals surface area contributed by atoms with Crippen molar-refractivity contribution in [2.45, 2.75) is 56.7 Å². The molecule has 2 aliphatic heterocycles. The van der Waals surface area contributed by atoms with Gasteiger partial charge < -0.3 is 14.7 Å². The molecule has 0 saturated carbocycles. The van der Waals surface area contributed by atoms with E-state index in [1.165, 1.54) is 0 Å². The number of amidine groups is 1. The number of hydrogen-bond acceptors (Lipinski definition) is 4. The van der Waals surface area contributed by atoms with Gasteiger partial charge in [-0.3, -0.25) is 10.2 Å². The molecule has 6 heteroatoms. The zero-order valence-electron chi connectivity index (χ0n) is 13.9. The normalized spacial score (nSPS) is 26.4. The SMILES string of the molecule is CC(=N)N1C2CCC1CC(OC(=O)C(CO)c1ccccc1)C2.Cl. The lowest BCUT2D eigenvalue weighted by Gasteiger charge is -2.39. The van der Waals surface area contributed by atoms with E-state index in [9.17, 15) is 9.90 Å². The summed E-state index contributed by atoms with van der Waals surface area (Å²) in [4.78, 5) is 14.6. The van der Waals surface area contributed by atoms with Crippen molar-refractivity contribution >= 4 is 24.2 Å². The van der Waals surface area contributed by atoms with Gasteiger partial charge in [0.15, 0.2) is 0 Å². The Labute approximate surface area is 148 Å². The Morgan fingerprint density at radius 3 is 2.38 bits per heavy atom. The van der Waals surface area contributed by atoms with Crippen molar-refractivity contribution in [3.8, 4) is 0 Å². The Morgan fingerprint density at radius 1 is 1.29 bits per heavy atom. The number of esters is 1. The van der Waals surface area contributed by atoms with E-state index in [0.717, 1.165) is 31.2 Å². The molecule has 2 heterocycles. The molecule has 132 valence electrons. The zero-order chi connectivity index (χ0) is 16.4. The second-order valence-electron chi connectivity index (χ2n) is 6.55. The van der Waals surface area contributed by atoms with Crippen molar-refractivity contribution in [1.29, 1.82) is 5.41 Å². The monoisotopic (exact) mass is 352 g/mol. The lowest BCUT2D eigenvalue weighted by atomic mass is 9.98. The highest BCUT2D eigenvalue weighted by Crippen LogP contribution is 2.37. The van der Waals surface area contributed by atoms with Crippen LogP contribution in [0.25, 0.3) is 0 Å². The Morgan fingerprint density at radius 2 is 1.88 bits per heavy atom.